The molecule has 2 nitrogen and oxygen atoms in total. The molecule has 0 bridgehead atoms. The maximum absolute atomic E-state index is 13.8. The summed E-state index contributed by atoms with van der Waals surface area (Å²) in [5.74, 6) is 0.0378. The van der Waals surface area contributed by atoms with E-state index in [9.17, 15) is 4.39 Å². The van der Waals surface area contributed by atoms with Crippen LogP contribution in [-0.4, -0.2) is 19.7 Å². The Hall–Kier alpha value is -1.35. The third kappa shape index (κ3) is 4.85. The number of hydrogen-bond donors (Lipinski definition) is 1. The predicted octanol–water partition coefficient (Wildman–Crippen LogP) is 4.25. The summed E-state index contributed by atoms with van der Waals surface area (Å²) >= 11 is 0. The Kier molecular flexibility index (Phi) is 6.24. The molecule has 0 spiro atoms. The van der Waals surface area contributed by atoms with Gasteiger partial charge in [0.25, 0.3) is 0 Å². The minimum Gasteiger partial charge on any atom is -0.494 e. The quantitative estimate of drug-likeness (QED) is 0.758. The molecule has 1 aromatic rings. The summed E-state index contributed by atoms with van der Waals surface area (Å²) in [4.78, 5) is 0. The summed E-state index contributed by atoms with van der Waals surface area (Å²) in [5.41, 5.74) is 2.58. The molecular weight excluding hydrogens is 265 g/mol. The molecule has 1 N–H and O–H groups in total. The maximum atomic E-state index is 13.8. The lowest BCUT2D eigenvalue weighted by Gasteiger charge is -2.22. The van der Waals surface area contributed by atoms with Crippen LogP contribution >= 0.6 is 0 Å². The Bertz CT molecular complexity index is 484. The SMILES string of the molecule is CCNC(CC1=CCCCC1)Cc1ccc(OC)c(F)c1. The van der Waals surface area contributed by atoms with E-state index < -0.39 is 0 Å². The first-order chi connectivity index (χ1) is 10.2. The van der Waals surface area contributed by atoms with Gasteiger partial charge in [0.1, 0.15) is 0 Å². The van der Waals surface area contributed by atoms with E-state index in [2.05, 4.69) is 18.3 Å². The van der Waals surface area contributed by atoms with Crippen LogP contribution in [0.2, 0.25) is 0 Å². The molecule has 0 heterocycles. The van der Waals surface area contributed by atoms with Crippen LogP contribution in [0.4, 0.5) is 4.39 Å². The molecule has 0 fully saturated rings. The third-order valence-corrected chi connectivity index (χ3v) is 4.08. The van der Waals surface area contributed by atoms with Crippen LogP contribution in [-0.2, 0) is 6.42 Å². The van der Waals surface area contributed by atoms with Gasteiger partial charge in [0.15, 0.2) is 11.6 Å². The predicted molar refractivity (Wildman–Crippen MR) is 85.3 cm³/mol. The van der Waals surface area contributed by atoms with E-state index in [1.54, 1.807) is 17.7 Å². The third-order valence-electron chi connectivity index (χ3n) is 4.08. The zero-order chi connectivity index (χ0) is 15.1. The Morgan fingerprint density at radius 1 is 1.29 bits per heavy atom. The van der Waals surface area contributed by atoms with Crippen LogP contribution in [0, 0.1) is 5.82 Å². The summed E-state index contributed by atoms with van der Waals surface area (Å²) in [5, 5.41) is 3.53. The van der Waals surface area contributed by atoms with Crippen molar-refractivity contribution in [3.63, 3.8) is 0 Å². The molecular formula is C18H26FNO. The first-order valence-electron chi connectivity index (χ1n) is 7.96. The number of rotatable bonds is 7. The topological polar surface area (TPSA) is 21.3 Å². The molecule has 1 atom stereocenters. The maximum Gasteiger partial charge on any atom is 0.165 e. The number of ether oxygens (including phenoxy) is 1. The first-order valence-corrected chi connectivity index (χ1v) is 7.96. The molecule has 0 radical (unpaired) electrons. The number of benzene rings is 1. The highest BCUT2D eigenvalue weighted by molar-refractivity contribution is 5.30. The van der Waals surface area contributed by atoms with Gasteiger partial charge in [-0.15, -0.1) is 0 Å². The number of likely N-dealkylation sites (N-methyl/N-ethyl adjacent to an activating group) is 1. The van der Waals surface area contributed by atoms with Gasteiger partial charge < -0.3 is 10.1 Å². The van der Waals surface area contributed by atoms with E-state index in [1.165, 1.54) is 32.8 Å². The van der Waals surface area contributed by atoms with Gasteiger partial charge in [0.2, 0.25) is 0 Å². The smallest absolute Gasteiger partial charge is 0.165 e. The van der Waals surface area contributed by atoms with Gasteiger partial charge in [-0.2, -0.15) is 0 Å². The summed E-state index contributed by atoms with van der Waals surface area (Å²) < 4.78 is 18.8. The summed E-state index contributed by atoms with van der Waals surface area (Å²) in [6, 6.07) is 5.65. The number of allylic oxidation sites excluding steroid dienone is 1. The summed E-state index contributed by atoms with van der Waals surface area (Å²) in [6.07, 6.45) is 9.38. The number of hydrogen-bond acceptors (Lipinski definition) is 2. The lowest BCUT2D eigenvalue weighted by atomic mass is 9.92. The van der Waals surface area contributed by atoms with Crippen molar-refractivity contribution < 1.29 is 9.13 Å². The molecule has 116 valence electrons. The van der Waals surface area contributed by atoms with E-state index in [4.69, 9.17) is 4.74 Å². The Morgan fingerprint density at radius 3 is 2.76 bits per heavy atom. The highest BCUT2D eigenvalue weighted by atomic mass is 19.1. The van der Waals surface area contributed by atoms with Gasteiger partial charge in [0, 0.05) is 6.04 Å². The standard InChI is InChI=1S/C18H26FNO/c1-3-20-16(11-14-7-5-4-6-8-14)12-15-9-10-18(21-2)17(19)13-15/h7,9-10,13,16,20H,3-6,8,11-12H2,1-2H3. The molecule has 0 saturated carbocycles. The fraction of sp³-hybridized carbons (Fsp3) is 0.556. The Balaban J connectivity index is 2.01. The zero-order valence-corrected chi connectivity index (χ0v) is 13.1. The van der Waals surface area contributed by atoms with Crippen molar-refractivity contribution in [2.24, 2.45) is 0 Å². The second-order valence-electron chi connectivity index (χ2n) is 5.74. The lowest BCUT2D eigenvalue weighted by molar-refractivity contribution is 0.386. The van der Waals surface area contributed by atoms with E-state index in [0.29, 0.717) is 11.8 Å². The van der Waals surface area contributed by atoms with Crippen LogP contribution < -0.4 is 10.1 Å². The second-order valence-corrected chi connectivity index (χ2v) is 5.74. The molecule has 1 unspecified atom stereocenters. The van der Waals surface area contributed by atoms with Crippen LogP contribution in [0.1, 0.15) is 44.6 Å². The van der Waals surface area contributed by atoms with E-state index in [-0.39, 0.29) is 5.82 Å². The molecule has 3 heteroatoms. The molecule has 1 aliphatic rings. The lowest BCUT2D eigenvalue weighted by Crippen LogP contribution is -2.31. The number of nitrogens with one attached hydrogen (secondary N) is 1. The van der Waals surface area contributed by atoms with Crippen LogP contribution in [0.3, 0.4) is 0 Å². The van der Waals surface area contributed by atoms with Gasteiger partial charge >= 0.3 is 0 Å². The van der Waals surface area contributed by atoms with Crippen molar-refractivity contribution in [3.05, 3.63) is 41.2 Å². The molecule has 0 amide bonds. The summed E-state index contributed by atoms with van der Waals surface area (Å²) in [6.45, 7) is 3.06. The van der Waals surface area contributed by atoms with Crippen molar-refractivity contribution in [3.8, 4) is 5.75 Å². The average Bonchev–Trinajstić information content (AvgIpc) is 2.49. The second kappa shape index (κ2) is 8.18. The van der Waals surface area contributed by atoms with Crippen molar-refractivity contribution in [2.45, 2.75) is 51.5 Å². The van der Waals surface area contributed by atoms with Crippen molar-refractivity contribution in [2.75, 3.05) is 13.7 Å². The minimum absolute atomic E-state index is 0.276. The number of halogens is 1. The largest absolute Gasteiger partial charge is 0.494 e. The van der Waals surface area contributed by atoms with Crippen molar-refractivity contribution in [1.82, 2.24) is 5.32 Å². The van der Waals surface area contributed by atoms with Gasteiger partial charge in [0.05, 0.1) is 7.11 Å². The first kappa shape index (κ1) is 16.0. The monoisotopic (exact) mass is 291 g/mol. The van der Waals surface area contributed by atoms with E-state index in [0.717, 1.165) is 24.9 Å². The molecule has 2 rings (SSSR count). The zero-order valence-electron chi connectivity index (χ0n) is 13.1. The van der Waals surface area contributed by atoms with Crippen LogP contribution in [0.25, 0.3) is 0 Å². The Morgan fingerprint density at radius 2 is 2.14 bits per heavy atom. The van der Waals surface area contributed by atoms with Crippen molar-refractivity contribution in [1.29, 1.82) is 0 Å². The van der Waals surface area contributed by atoms with Gasteiger partial charge in [-0.1, -0.05) is 24.6 Å². The van der Waals surface area contributed by atoms with Gasteiger partial charge in [-0.05, 0) is 62.8 Å². The number of methoxy groups -OCH3 is 1. The highest BCUT2D eigenvalue weighted by Crippen LogP contribution is 2.24. The van der Waals surface area contributed by atoms with E-state index >= 15 is 0 Å². The molecule has 0 aromatic heterocycles. The average molecular weight is 291 g/mol. The molecule has 1 aliphatic carbocycles. The fourth-order valence-electron chi connectivity index (χ4n) is 3.03. The van der Waals surface area contributed by atoms with Crippen molar-refractivity contribution >= 4 is 0 Å². The minimum atomic E-state index is -0.276. The molecule has 21 heavy (non-hydrogen) atoms. The van der Waals surface area contributed by atoms with E-state index in [1.807, 2.05) is 6.07 Å². The normalized spacial score (nSPS) is 16.4. The molecule has 0 aliphatic heterocycles. The van der Waals surface area contributed by atoms with Gasteiger partial charge in [-0.3, -0.25) is 0 Å². The van der Waals surface area contributed by atoms with Crippen LogP contribution in [0.15, 0.2) is 29.8 Å². The fourth-order valence-corrected chi connectivity index (χ4v) is 3.03. The van der Waals surface area contributed by atoms with Gasteiger partial charge in [-0.25, -0.2) is 4.39 Å². The summed E-state index contributed by atoms with van der Waals surface area (Å²) in [7, 11) is 1.50. The molecule has 1 aromatic carbocycles. The highest BCUT2D eigenvalue weighted by Gasteiger charge is 2.14. The molecule has 0 saturated heterocycles. The van der Waals surface area contributed by atoms with Crippen LogP contribution in [0.5, 0.6) is 5.75 Å². The Labute approximate surface area is 127 Å².